The molecule has 2 heterocycles. The van der Waals surface area contributed by atoms with Crippen LogP contribution in [-0.2, 0) is 4.74 Å². The number of aromatic amines is 1. The number of aliphatic hydroxyl groups is 1. The summed E-state index contributed by atoms with van der Waals surface area (Å²) in [6.45, 7) is 3.11. The first-order valence-electron chi connectivity index (χ1n) is 6.19. The number of ether oxygens (including phenoxy) is 1. The highest BCUT2D eigenvalue weighted by atomic mass is 19.1. The number of H-pyrrole nitrogens is 1. The van der Waals surface area contributed by atoms with E-state index in [1.807, 2.05) is 0 Å². The topological polar surface area (TPSA) is 84.3 Å². The van der Waals surface area contributed by atoms with Crippen LogP contribution in [0.1, 0.15) is 26.5 Å². The molecular weight excluding hydrogens is 255 g/mol. The highest BCUT2D eigenvalue weighted by Crippen LogP contribution is 2.44. The summed E-state index contributed by atoms with van der Waals surface area (Å²) < 4.78 is 20.9. The van der Waals surface area contributed by atoms with Gasteiger partial charge in [0.05, 0.1) is 12.2 Å². The third-order valence-corrected chi connectivity index (χ3v) is 3.93. The van der Waals surface area contributed by atoms with Crippen molar-refractivity contribution in [3.63, 3.8) is 0 Å². The molecule has 0 unspecified atom stereocenters. The van der Waals surface area contributed by atoms with E-state index in [0.717, 1.165) is 10.6 Å². The number of hydrogen-bond acceptors (Lipinski definition) is 4. The minimum absolute atomic E-state index is 0.320. The van der Waals surface area contributed by atoms with Crippen LogP contribution in [0, 0.1) is 5.92 Å². The second-order valence-corrected chi connectivity index (χ2v) is 4.84. The van der Waals surface area contributed by atoms with Gasteiger partial charge in [-0.3, -0.25) is 14.3 Å². The Balaban J connectivity index is 2.42. The number of aliphatic hydroxyl groups excluding tert-OH is 1. The van der Waals surface area contributed by atoms with Crippen LogP contribution in [0.4, 0.5) is 4.39 Å². The first-order valence-corrected chi connectivity index (χ1v) is 6.19. The molecule has 0 aromatic carbocycles. The van der Waals surface area contributed by atoms with Crippen molar-refractivity contribution in [2.75, 3.05) is 6.61 Å². The second-order valence-electron chi connectivity index (χ2n) is 4.84. The van der Waals surface area contributed by atoms with Crippen LogP contribution in [0.3, 0.4) is 0 Å². The highest BCUT2D eigenvalue weighted by molar-refractivity contribution is 4.99. The minimum atomic E-state index is -1.43. The molecule has 4 atom stereocenters. The smallest absolute Gasteiger partial charge is 0.330 e. The molecule has 0 amide bonds. The number of rotatable bonds is 3. The lowest BCUT2D eigenvalue weighted by Crippen LogP contribution is -2.39. The van der Waals surface area contributed by atoms with Gasteiger partial charge < -0.3 is 9.84 Å². The zero-order valence-electron chi connectivity index (χ0n) is 10.8. The maximum absolute atomic E-state index is 14.3. The standard InChI is InChI=1S/C12H17FN2O4/c1-3-12(6-16)7(2)9(13)10(19-12)15-5-4-8(17)14-11(15)18/h4-5,7,9-10,16H,3,6H2,1-2H3,(H,14,17,18)/t7-,9-,10+,12+/m0/s1. The molecule has 2 rings (SSSR count). The van der Waals surface area contributed by atoms with Gasteiger partial charge in [0.15, 0.2) is 12.4 Å². The number of halogens is 1. The third-order valence-electron chi connectivity index (χ3n) is 3.93. The van der Waals surface area contributed by atoms with Crippen LogP contribution >= 0.6 is 0 Å². The molecule has 0 spiro atoms. The van der Waals surface area contributed by atoms with E-state index >= 15 is 0 Å². The molecule has 1 aromatic rings. The van der Waals surface area contributed by atoms with Gasteiger partial charge in [0.1, 0.15) is 0 Å². The zero-order chi connectivity index (χ0) is 14.2. The van der Waals surface area contributed by atoms with Crippen LogP contribution in [0.25, 0.3) is 0 Å². The average molecular weight is 272 g/mol. The average Bonchev–Trinajstić information content (AvgIpc) is 2.64. The summed E-state index contributed by atoms with van der Waals surface area (Å²) in [4.78, 5) is 24.7. The molecule has 19 heavy (non-hydrogen) atoms. The Bertz CT molecular complexity index is 563. The highest BCUT2D eigenvalue weighted by Gasteiger charge is 2.52. The largest absolute Gasteiger partial charge is 0.393 e. The van der Waals surface area contributed by atoms with Crippen LogP contribution in [-0.4, -0.2) is 33.0 Å². The van der Waals surface area contributed by atoms with Crippen molar-refractivity contribution in [2.45, 2.75) is 38.3 Å². The molecule has 7 heteroatoms. The first-order chi connectivity index (χ1) is 8.95. The van der Waals surface area contributed by atoms with Gasteiger partial charge in [-0.2, -0.15) is 0 Å². The van der Waals surface area contributed by atoms with Crippen molar-refractivity contribution in [1.82, 2.24) is 9.55 Å². The molecule has 0 radical (unpaired) electrons. The van der Waals surface area contributed by atoms with Crippen molar-refractivity contribution in [2.24, 2.45) is 5.92 Å². The number of nitrogens with one attached hydrogen (secondary N) is 1. The Morgan fingerprint density at radius 1 is 1.58 bits per heavy atom. The summed E-state index contributed by atoms with van der Waals surface area (Å²) in [5.74, 6) is -0.550. The Morgan fingerprint density at radius 2 is 2.26 bits per heavy atom. The molecule has 0 aliphatic carbocycles. The lowest BCUT2D eigenvalue weighted by atomic mass is 9.86. The Morgan fingerprint density at radius 3 is 2.74 bits per heavy atom. The number of nitrogens with zero attached hydrogens (tertiary/aromatic N) is 1. The van der Waals surface area contributed by atoms with E-state index in [0.29, 0.717) is 6.42 Å². The quantitative estimate of drug-likeness (QED) is 0.822. The second kappa shape index (κ2) is 4.90. The fraction of sp³-hybridized carbons (Fsp3) is 0.667. The van der Waals surface area contributed by atoms with Gasteiger partial charge in [0.25, 0.3) is 5.56 Å². The van der Waals surface area contributed by atoms with Crippen molar-refractivity contribution < 1.29 is 14.2 Å². The Labute approximate surface area is 108 Å². The molecule has 2 N–H and O–H groups in total. The molecule has 0 saturated carbocycles. The van der Waals surface area contributed by atoms with Crippen molar-refractivity contribution >= 4 is 0 Å². The van der Waals surface area contributed by atoms with Crippen LogP contribution in [0.2, 0.25) is 0 Å². The van der Waals surface area contributed by atoms with Gasteiger partial charge in [0.2, 0.25) is 0 Å². The molecule has 1 fully saturated rings. The van der Waals surface area contributed by atoms with Gasteiger partial charge in [-0.25, -0.2) is 9.18 Å². The molecule has 1 aliphatic rings. The van der Waals surface area contributed by atoms with E-state index in [-0.39, 0.29) is 6.61 Å². The van der Waals surface area contributed by atoms with Crippen LogP contribution in [0.5, 0.6) is 0 Å². The molecule has 1 aromatic heterocycles. The monoisotopic (exact) mass is 272 g/mol. The molecular formula is C12H17FN2O4. The molecule has 1 saturated heterocycles. The summed E-state index contributed by atoms with van der Waals surface area (Å²) in [6, 6.07) is 1.13. The van der Waals surface area contributed by atoms with Gasteiger partial charge in [-0.05, 0) is 6.42 Å². The fourth-order valence-electron chi connectivity index (χ4n) is 2.49. The van der Waals surface area contributed by atoms with E-state index in [9.17, 15) is 19.1 Å². The molecule has 106 valence electrons. The molecule has 0 bridgehead atoms. The Hall–Kier alpha value is -1.47. The SMILES string of the molecule is CC[C@]1(CO)O[C@@H](n2ccc(=O)[nH]c2=O)[C@@H](F)[C@@H]1C. The van der Waals surface area contributed by atoms with E-state index < -0.39 is 35.2 Å². The minimum Gasteiger partial charge on any atom is -0.393 e. The maximum atomic E-state index is 14.3. The lowest BCUT2D eigenvalue weighted by Gasteiger charge is -2.29. The van der Waals surface area contributed by atoms with E-state index in [4.69, 9.17) is 4.74 Å². The Kier molecular flexibility index (Phi) is 3.60. The third kappa shape index (κ3) is 2.12. The lowest BCUT2D eigenvalue weighted by molar-refractivity contribution is -0.115. The summed E-state index contributed by atoms with van der Waals surface area (Å²) >= 11 is 0. The summed E-state index contributed by atoms with van der Waals surface area (Å²) in [7, 11) is 0. The van der Waals surface area contributed by atoms with Crippen LogP contribution in [0.15, 0.2) is 21.9 Å². The number of aromatic nitrogens is 2. The predicted molar refractivity (Wildman–Crippen MR) is 65.6 cm³/mol. The summed E-state index contributed by atoms with van der Waals surface area (Å²) in [5, 5.41) is 9.45. The summed E-state index contributed by atoms with van der Waals surface area (Å²) in [6.07, 6.45) is -0.935. The van der Waals surface area contributed by atoms with Gasteiger partial charge in [0, 0.05) is 18.2 Å². The first kappa shape index (κ1) is 14.0. The predicted octanol–water partition coefficient (Wildman–Crippen LogP) is 0.181. The van der Waals surface area contributed by atoms with Gasteiger partial charge >= 0.3 is 5.69 Å². The summed E-state index contributed by atoms with van der Waals surface area (Å²) in [5.41, 5.74) is -2.27. The molecule has 6 nitrogen and oxygen atoms in total. The van der Waals surface area contributed by atoms with Crippen molar-refractivity contribution in [3.8, 4) is 0 Å². The van der Waals surface area contributed by atoms with E-state index in [1.54, 1.807) is 13.8 Å². The molecule has 1 aliphatic heterocycles. The van der Waals surface area contributed by atoms with E-state index in [2.05, 4.69) is 4.98 Å². The normalized spacial score (nSPS) is 34.6. The van der Waals surface area contributed by atoms with Gasteiger partial charge in [-0.15, -0.1) is 0 Å². The van der Waals surface area contributed by atoms with Crippen molar-refractivity contribution in [1.29, 1.82) is 0 Å². The number of hydrogen-bond donors (Lipinski definition) is 2. The zero-order valence-corrected chi connectivity index (χ0v) is 10.8. The van der Waals surface area contributed by atoms with Crippen LogP contribution < -0.4 is 11.2 Å². The number of alkyl halides is 1. The fourth-order valence-corrected chi connectivity index (χ4v) is 2.49. The van der Waals surface area contributed by atoms with Crippen molar-refractivity contribution in [3.05, 3.63) is 33.1 Å². The maximum Gasteiger partial charge on any atom is 0.330 e. The van der Waals surface area contributed by atoms with E-state index in [1.165, 1.54) is 6.20 Å². The van der Waals surface area contributed by atoms with Gasteiger partial charge in [-0.1, -0.05) is 13.8 Å².